The van der Waals surface area contributed by atoms with Gasteiger partial charge in [-0.15, -0.1) is 12.3 Å². The van der Waals surface area contributed by atoms with Crippen molar-refractivity contribution >= 4 is 5.97 Å². The first kappa shape index (κ1) is 16.7. The Morgan fingerprint density at radius 2 is 1.83 bits per heavy atom. The molecular weight excluding hydrogens is 224 g/mol. The zero-order chi connectivity index (χ0) is 13.6. The highest BCUT2D eigenvalue weighted by atomic mass is 16.5. The summed E-state index contributed by atoms with van der Waals surface area (Å²) in [6.45, 7) is 8.66. The summed E-state index contributed by atoms with van der Waals surface area (Å²) in [7, 11) is 0. The lowest BCUT2D eigenvalue weighted by Gasteiger charge is -2.11. The van der Waals surface area contributed by atoms with Crippen LogP contribution in [-0.2, 0) is 9.53 Å². The van der Waals surface area contributed by atoms with Gasteiger partial charge in [-0.2, -0.15) is 0 Å². The maximum atomic E-state index is 10.9. The maximum absolute atomic E-state index is 10.9. The van der Waals surface area contributed by atoms with Gasteiger partial charge < -0.3 is 4.74 Å². The Morgan fingerprint density at radius 3 is 2.39 bits per heavy atom. The number of unbranched alkanes of at least 4 members (excludes halogenated alkanes) is 6. The summed E-state index contributed by atoms with van der Waals surface area (Å²) < 4.78 is 5.14. The van der Waals surface area contributed by atoms with E-state index in [9.17, 15) is 4.79 Å². The van der Waals surface area contributed by atoms with Crippen LogP contribution >= 0.6 is 0 Å². The minimum absolute atomic E-state index is 0.152. The van der Waals surface area contributed by atoms with E-state index in [-0.39, 0.29) is 12.1 Å². The molecule has 2 nitrogen and oxygen atoms in total. The highest BCUT2D eigenvalue weighted by Gasteiger charge is 2.07. The average molecular weight is 250 g/mol. The number of hydrogen-bond acceptors (Lipinski definition) is 2. The first-order valence-corrected chi connectivity index (χ1v) is 6.84. The molecule has 0 spiro atoms. The van der Waals surface area contributed by atoms with Crippen molar-refractivity contribution in [3.05, 3.63) is 31.0 Å². The van der Waals surface area contributed by atoms with Gasteiger partial charge in [0.1, 0.15) is 6.10 Å². The second-order valence-electron chi connectivity index (χ2n) is 4.51. The summed E-state index contributed by atoms with van der Waals surface area (Å²) in [5.41, 5.74) is 2.69. The third kappa shape index (κ3) is 11.2. The van der Waals surface area contributed by atoms with Crippen molar-refractivity contribution in [2.45, 2.75) is 64.4 Å². The van der Waals surface area contributed by atoms with Crippen LogP contribution in [0.3, 0.4) is 0 Å². The zero-order valence-electron chi connectivity index (χ0n) is 11.6. The molecule has 0 aliphatic rings. The second-order valence-corrected chi connectivity index (χ2v) is 4.51. The van der Waals surface area contributed by atoms with Gasteiger partial charge in [-0.25, -0.2) is 0 Å². The van der Waals surface area contributed by atoms with Crippen LogP contribution in [0.2, 0.25) is 0 Å². The molecule has 0 saturated carbocycles. The van der Waals surface area contributed by atoms with Gasteiger partial charge in [0.05, 0.1) is 0 Å². The number of hydrogen-bond donors (Lipinski definition) is 0. The van der Waals surface area contributed by atoms with Crippen molar-refractivity contribution in [2.24, 2.45) is 0 Å². The summed E-state index contributed by atoms with van der Waals surface area (Å²) in [5, 5.41) is 0. The molecule has 1 unspecified atom stereocenters. The Morgan fingerprint density at radius 1 is 1.22 bits per heavy atom. The number of carbonyl (C=O) groups excluding carboxylic acids is 1. The Hall–Kier alpha value is -1.27. The molecule has 0 aromatic rings. The van der Waals surface area contributed by atoms with Crippen molar-refractivity contribution in [1.82, 2.24) is 0 Å². The lowest BCUT2D eigenvalue weighted by atomic mass is 10.1. The molecule has 0 rings (SSSR count). The van der Waals surface area contributed by atoms with Gasteiger partial charge in [0.15, 0.2) is 0 Å². The van der Waals surface area contributed by atoms with Gasteiger partial charge in [0, 0.05) is 6.92 Å². The van der Waals surface area contributed by atoms with E-state index < -0.39 is 0 Å². The van der Waals surface area contributed by atoms with E-state index in [1.807, 2.05) is 6.08 Å². The maximum Gasteiger partial charge on any atom is 0.303 e. The molecule has 0 aromatic carbocycles. The zero-order valence-corrected chi connectivity index (χ0v) is 11.6. The molecule has 0 aliphatic carbocycles. The number of allylic oxidation sites excluding steroid dienone is 1. The van der Waals surface area contributed by atoms with Gasteiger partial charge in [-0.05, 0) is 31.8 Å². The normalized spacial score (nSPS) is 11.4. The Balaban J connectivity index is 3.51. The van der Waals surface area contributed by atoms with E-state index >= 15 is 0 Å². The van der Waals surface area contributed by atoms with E-state index in [0.717, 1.165) is 19.3 Å². The largest absolute Gasteiger partial charge is 0.458 e. The smallest absolute Gasteiger partial charge is 0.303 e. The first-order valence-electron chi connectivity index (χ1n) is 6.84. The Labute approximate surface area is 111 Å². The SMILES string of the molecule is C=C=CC(CCCCCCCCC=C)OC(C)=O. The topological polar surface area (TPSA) is 26.3 Å². The molecule has 0 N–H and O–H groups in total. The van der Waals surface area contributed by atoms with Crippen LogP contribution in [0.15, 0.2) is 31.0 Å². The van der Waals surface area contributed by atoms with Crippen LogP contribution < -0.4 is 0 Å². The lowest BCUT2D eigenvalue weighted by molar-refractivity contribution is -0.144. The van der Waals surface area contributed by atoms with Gasteiger partial charge in [0.2, 0.25) is 0 Å². The number of esters is 1. The van der Waals surface area contributed by atoms with E-state index in [1.54, 1.807) is 6.08 Å². The minimum Gasteiger partial charge on any atom is -0.458 e. The third-order valence-electron chi connectivity index (χ3n) is 2.77. The molecule has 0 heterocycles. The molecule has 0 amide bonds. The van der Waals surface area contributed by atoms with Crippen molar-refractivity contribution in [2.75, 3.05) is 0 Å². The van der Waals surface area contributed by atoms with Crippen molar-refractivity contribution < 1.29 is 9.53 Å². The van der Waals surface area contributed by atoms with Gasteiger partial charge in [-0.1, -0.05) is 38.3 Å². The fraction of sp³-hybridized carbons (Fsp3) is 0.625. The van der Waals surface area contributed by atoms with Crippen molar-refractivity contribution in [3.63, 3.8) is 0 Å². The number of rotatable bonds is 11. The molecule has 0 fully saturated rings. The molecule has 102 valence electrons. The van der Waals surface area contributed by atoms with Crippen LogP contribution in [0.25, 0.3) is 0 Å². The van der Waals surface area contributed by atoms with Crippen LogP contribution in [0.4, 0.5) is 0 Å². The van der Waals surface area contributed by atoms with Crippen molar-refractivity contribution in [3.8, 4) is 0 Å². The van der Waals surface area contributed by atoms with E-state index in [4.69, 9.17) is 4.74 Å². The molecule has 0 aliphatic heterocycles. The molecule has 0 radical (unpaired) electrons. The lowest BCUT2D eigenvalue weighted by Crippen LogP contribution is -2.13. The first-order chi connectivity index (χ1) is 8.70. The molecule has 2 heteroatoms. The quantitative estimate of drug-likeness (QED) is 0.232. The average Bonchev–Trinajstić information content (AvgIpc) is 2.32. The summed E-state index contributed by atoms with van der Waals surface area (Å²) in [6.07, 6.45) is 12.9. The second kappa shape index (κ2) is 12.2. The molecular formula is C16H26O2. The van der Waals surface area contributed by atoms with E-state index in [1.165, 1.54) is 39.0 Å². The van der Waals surface area contributed by atoms with Crippen molar-refractivity contribution in [1.29, 1.82) is 0 Å². The highest BCUT2D eigenvalue weighted by Crippen LogP contribution is 2.12. The molecule has 18 heavy (non-hydrogen) atoms. The Bertz CT molecular complexity index is 275. The fourth-order valence-electron chi connectivity index (χ4n) is 1.86. The highest BCUT2D eigenvalue weighted by molar-refractivity contribution is 5.66. The van der Waals surface area contributed by atoms with Gasteiger partial charge in [0.25, 0.3) is 0 Å². The summed E-state index contributed by atoms with van der Waals surface area (Å²) in [4.78, 5) is 10.9. The Kier molecular flexibility index (Phi) is 11.3. The van der Waals surface area contributed by atoms with Gasteiger partial charge in [-0.3, -0.25) is 4.79 Å². The standard InChI is InChI=1S/C16H26O2/c1-4-6-7-8-9-10-11-12-14-16(13-5-2)18-15(3)17/h4,13,16H,1-2,6-12,14H2,3H3. The minimum atomic E-state index is -0.240. The van der Waals surface area contributed by atoms with E-state index in [0.29, 0.717) is 0 Å². The summed E-state index contributed by atoms with van der Waals surface area (Å²) in [6, 6.07) is 0. The molecule has 0 bridgehead atoms. The number of ether oxygens (including phenoxy) is 1. The predicted molar refractivity (Wildman–Crippen MR) is 76.4 cm³/mol. The number of carbonyl (C=O) groups is 1. The van der Waals surface area contributed by atoms with Crippen LogP contribution in [0.1, 0.15) is 58.3 Å². The molecule has 0 saturated heterocycles. The summed E-state index contributed by atoms with van der Waals surface area (Å²) in [5.74, 6) is -0.240. The van der Waals surface area contributed by atoms with Crippen LogP contribution in [0, 0.1) is 0 Å². The van der Waals surface area contributed by atoms with E-state index in [2.05, 4.69) is 18.9 Å². The predicted octanol–water partition coefficient (Wildman–Crippen LogP) is 4.57. The summed E-state index contributed by atoms with van der Waals surface area (Å²) >= 11 is 0. The van der Waals surface area contributed by atoms with Crippen LogP contribution in [-0.4, -0.2) is 12.1 Å². The van der Waals surface area contributed by atoms with Gasteiger partial charge >= 0.3 is 5.97 Å². The monoisotopic (exact) mass is 250 g/mol. The molecule has 1 atom stereocenters. The third-order valence-corrected chi connectivity index (χ3v) is 2.77. The fourth-order valence-corrected chi connectivity index (χ4v) is 1.86. The molecule has 0 aromatic heterocycles. The van der Waals surface area contributed by atoms with Crippen LogP contribution in [0.5, 0.6) is 0 Å².